The van der Waals surface area contributed by atoms with Crippen LogP contribution in [0.5, 0.6) is 0 Å². The Morgan fingerprint density at radius 3 is 2.62 bits per heavy atom. The summed E-state index contributed by atoms with van der Waals surface area (Å²) in [7, 11) is 0. The molecule has 4 rings (SSSR count). The molecule has 7 nitrogen and oxygen atoms in total. The zero-order valence-corrected chi connectivity index (χ0v) is 20.0. The molecule has 1 saturated heterocycles. The van der Waals surface area contributed by atoms with Crippen LogP contribution >= 0.6 is 49.0 Å². The zero-order valence-electron chi connectivity index (χ0n) is 16.7. The number of halogens is 3. The fraction of sp³-hybridized carbons (Fsp3) is 0.722. The van der Waals surface area contributed by atoms with E-state index in [1.54, 1.807) is 11.8 Å². The molecule has 2 aromatic heterocycles. The van der Waals surface area contributed by atoms with Gasteiger partial charge in [-0.25, -0.2) is 4.98 Å². The third-order valence-electron chi connectivity index (χ3n) is 5.32. The van der Waals surface area contributed by atoms with Gasteiger partial charge in [-0.05, 0) is 19.8 Å². The first kappa shape index (κ1) is 26.5. The number of hydrogen-bond donors (Lipinski definition) is 2. The van der Waals surface area contributed by atoms with Crippen LogP contribution in [0.4, 0.5) is 5.82 Å². The van der Waals surface area contributed by atoms with Gasteiger partial charge in [0.05, 0.1) is 0 Å². The third-order valence-corrected chi connectivity index (χ3v) is 6.26. The Morgan fingerprint density at radius 2 is 1.93 bits per heavy atom. The van der Waals surface area contributed by atoms with E-state index in [0.29, 0.717) is 18.5 Å². The van der Waals surface area contributed by atoms with Gasteiger partial charge >= 0.3 is 0 Å². The fourth-order valence-corrected chi connectivity index (χ4v) is 4.65. The first-order chi connectivity index (χ1) is 12.7. The maximum Gasteiger partial charge on any atom is 0.255 e. The van der Waals surface area contributed by atoms with Gasteiger partial charge in [0.15, 0.2) is 5.82 Å². The number of nitrogens with one attached hydrogen (secondary N) is 1. The Hall–Kier alpha value is -0.510. The molecule has 0 amide bonds. The van der Waals surface area contributed by atoms with Gasteiger partial charge in [0.2, 0.25) is 0 Å². The molecule has 0 aromatic carbocycles. The number of anilines is 1. The first-order valence-electron chi connectivity index (χ1n) is 9.83. The normalized spacial score (nSPS) is 19.9. The number of nitrogens with zero attached hydrogens (tertiary/aromatic N) is 5. The first-order valence-corrected chi connectivity index (χ1v) is 10.8. The predicted molar refractivity (Wildman–Crippen MR) is 128 cm³/mol. The molecular weight excluding hydrogens is 453 g/mol. The predicted octanol–water partition coefficient (Wildman–Crippen LogP) is 3.29. The zero-order chi connectivity index (χ0) is 17.9. The second-order valence-electron chi connectivity index (χ2n) is 7.41. The molecule has 0 spiro atoms. The minimum atomic E-state index is 0. The summed E-state index contributed by atoms with van der Waals surface area (Å²) in [5, 5.41) is 9.41. The van der Waals surface area contributed by atoms with Gasteiger partial charge in [0, 0.05) is 50.0 Å². The smallest absolute Gasteiger partial charge is 0.255 e. The summed E-state index contributed by atoms with van der Waals surface area (Å²) in [6, 6.07) is 2.62. The van der Waals surface area contributed by atoms with Gasteiger partial charge in [0.25, 0.3) is 5.78 Å². The van der Waals surface area contributed by atoms with Crippen LogP contribution in [-0.2, 0) is 0 Å². The van der Waals surface area contributed by atoms with E-state index in [4.69, 9.17) is 20.8 Å². The van der Waals surface area contributed by atoms with Crippen molar-refractivity contribution in [3.05, 3.63) is 11.9 Å². The van der Waals surface area contributed by atoms with Crippen LogP contribution in [0.1, 0.15) is 50.8 Å². The van der Waals surface area contributed by atoms with Crippen molar-refractivity contribution in [2.45, 2.75) is 56.0 Å². The summed E-state index contributed by atoms with van der Waals surface area (Å²) in [4.78, 5) is 12.0. The standard InChI is InChI=1S/C18H29N7S.3ClH/c1-13-12-24(9-8-20-13)16-11-15(26-10-7-19)21-18-22-17(23-25(16)18)14-5-3-2-4-6-14;;;/h11,13-14,20H,2-10,12,19H2,1H3;3*1H. The van der Waals surface area contributed by atoms with Gasteiger partial charge in [0.1, 0.15) is 10.8 Å². The number of thioether (sulfide) groups is 1. The molecule has 2 fully saturated rings. The Labute approximate surface area is 195 Å². The van der Waals surface area contributed by atoms with Crippen molar-refractivity contribution < 1.29 is 0 Å². The lowest BCUT2D eigenvalue weighted by Crippen LogP contribution is -2.49. The van der Waals surface area contributed by atoms with Gasteiger partial charge < -0.3 is 16.0 Å². The lowest BCUT2D eigenvalue weighted by atomic mass is 9.89. The number of aromatic nitrogens is 4. The molecule has 1 saturated carbocycles. The number of nitrogens with two attached hydrogens (primary N) is 1. The summed E-state index contributed by atoms with van der Waals surface area (Å²) in [6.07, 6.45) is 6.31. The van der Waals surface area contributed by atoms with Crippen LogP contribution in [0.15, 0.2) is 11.1 Å². The molecule has 3 N–H and O–H groups in total. The molecule has 166 valence electrons. The van der Waals surface area contributed by atoms with Crippen molar-refractivity contribution in [2.24, 2.45) is 5.73 Å². The van der Waals surface area contributed by atoms with Gasteiger partial charge in [-0.1, -0.05) is 19.3 Å². The summed E-state index contributed by atoms with van der Waals surface area (Å²) >= 11 is 1.70. The quantitative estimate of drug-likeness (QED) is 0.497. The second-order valence-corrected chi connectivity index (χ2v) is 8.52. The molecule has 2 aliphatic rings. The summed E-state index contributed by atoms with van der Waals surface area (Å²) in [5.41, 5.74) is 5.69. The van der Waals surface area contributed by atoms with E-state index in [0.717, 1.165) is 47.8 Å². The maximum atomic E-state index is 5.69. The fourth-order valence-electron chi connectivity index (χ4n) is 3.98. The molecule has 1 unspecified atom stereocenters. The van der Waals surface area contributed by atoms with Crippen molar-refractivity contribution >= 4 is 60.6 Å². The Kier molecular flexibility index (Phi) is 11.3. The highest BCUT2D eigenvalue weighted by Gasteiger charge is 2.24. The molecule has 1 atom stereocenters. The van der Waals surface area contributed by atoms with E-state index in [-0.39, 0.29) is 37.2 Å². The van der Waals surface area contributed by atoms with Crippen LogP contribution < -0.4 is 16.0 Å². The molecule has 3 heterocycles. The number of rotatable bonds is 5. The molecule has 0 radical (unpaired) electrons. The average Bonchev–Trinajstić information content (AvgIpc) is 3.10. The third kappa shape index (κ3) is 6.24. The van der Waals surface area contributed by atoms with Crippen molar-refractivity contribution in [3.8, 4) is 0 Å². The van der Waals surface area contributed by atoms with E-state index in [2.05, 4.69) is 23.2 Å². The molecular formula is C18H32Cl3N7S. The second kappa shape index (κ2) is 12.4. The van der Waals surface area contributed by atoms with E-state index >= 15 is 0 Å². The molecule has 29 heavy (non-hydrogen) atoms. The lowest BCUT2D eigenvalue weighted by Gasteiger charge is -2.33. The van der Waals surface area contributed by atoms with Gasteiger partial charge in [-0.3, -0.25) is 0 Å². The topological polar surface area (TPSA) is 84.4 Å². The van der Waals surface area contributed by atoms with E-state index in [1.807, 2.05) is 4.52 Å². The Balaban J connectivity index is 0.00000140. The van der Waals surface area contributed by atoms with E-state index in [9.17, 15) is 0 Å². The van der Waals surface area contributed by atoms with Gasteiger partial charge in [-0.15, -0.1) is 54.1 Å². The van der Waals surface area contributed by atoms with Crippen LogP contribution in [0.2, 0.25) is 0 Å². The minimum absolute atomic E-state index is 0. The maximum absolute atomic E-state index is 5.69. The largest absolute Gasteiger partial charge is 0.354 e. The summed E-state index contributed by atoms with van der Waals surface area (Å²) in [6.45, 7) is 5.81. The van der Waals surface area contributed by atoms with Gasteiger partial charge in [-0.2, -0.15) is 9.50 Å². The van der Waals surface area contributed by atoms with E-state index < -0.39 is 0 Å². The van der Waals surface area contributed by atoms with Crippen LogP contribution in [0, 0.1) is 0 Å². The highest BCUT2D eigenvalue weighted by atomic mass is 35.5. The Morgan fingerprint density at radius 1 is 1.17 bits per heavy atom. The minimum Gasteiger partial charge on any atom is -0.354 e. The molecule has 2 aromatic rings. The molecule has 1 aliphatic heterocycles. The van der Waals surface area contributed by atoms with Crippen LogP contribution in [-0.4, -0.2) is 57.6 Å². The highest BCUT2D eigenvalue weighted by Crippen LogP contribution is 2.32. The number of hydrogen-bond acceptors (Lipinski definition) is 7. The summed E-state index contributed by atoms with van der Waals surface area (Å²) < 4.78 is 1.97. The molecule has 0 bridgehead atoms. The lowest BCUT2D eigenvalue weighted by molar-refractivity contribution is 0.428. The SMILES string of the molecule is CC1CN(c2cc(SCCN)nc3nc(C4CCCCC4)nn23)CCN1.Cl.Cl.Cl. The molecule has 11 heteroatoms. The van der Waals surface area contributed by atoms with Crippen molar-refractivity contribution in [2.75, 3.05) is 36.8 Å². The number of piperazine rings is 1. The monoisotopic (exact) mass is 483 g/mol. The molecule has 1 aliphatic carbocycles. The van der Waals surface area contributed by atoms with E-state index in [1.165, 1.54) is 32.1 Å². The average molecular weight is 485 g/mol. The van der Waals surface area contributed by atoms with Crippen LogP contribution in [0.25, 0.3) is 5.78 Å². The van der Waals surface area contributed by atoms with Crippen molar-refractivity contribution in [1.29, 1.82) is 0 Å². The Bertz CT molecular complexity index is 754. The van der Waals surface area contributed by atoms with Crippen molar-refractivity contribution in [3.63, 3.8) is 0 Å². The highest BCUT2D eigenvalue weighted by molar-refractivity contribution is 7.99. The van der Waals surface area contributed by atoms with Crippen LogP contribution in [0.3, 0.4) is 0 Å². The van der Waals surface area contributed by atoms with Crippen molar-refractivity contribution in [1.82, 2.24) is 24.9 Å². The summed E-state index contributed by atoms with van der Waals surface area (Å²) in [5.74, 6) is 4.17. The number of fused-ring (bicyclic) bond motifs is 1.